The second kappa shape index (κ2) is 8.58. The summed E-state index contributed by atoms with van der Waals surface area (Å²) in [6.07, 6.45) is 2.36. The molecule has 0 bridgehead atoms. The van der Waals surface area contributed by atoms with Crippen molar-refractivity contribution in [3.8, 4) is 5.75 Å². The number of carbonyl (C=O) groups is 2. The molecule has 1 N–H and O–H groups in total. The van der Waals surface area contributed by atoms with E-state index in [1.54, 1.807) is 53.4 Å². The Hall–Kier alpha value is -3.07. The van der Waals surface area contributed by atoms with Crippen LogP contribution in [0.15, 0.2) is 48.5 Å². The molecule has 2 heterocycles. The maximum absolute atomic E-state index is 13.1. The lowest BCUT2D eigenvalue weighted by Crippen LogP contribution is -2.36. The van der Waals surface area contributed by atoms with E-state index < -0.39 is 22.0 Å². The first-order valence-corrected chi connectivity index (χ1v) is 12.1. The highest BCUT2D eigenvalue weighted by Crippen LogP contribution is 2.34. The average Bonchev–Trinajstić information content (AvgIpc) is 3.20. The van der Waals surface area contributed by atoms with Gasteiger partial charge in [-0.1, -0.05) is 24.3 Å². The van der Waals surface area contributed by atoms with Crippen molar-refractivity contribution in [2.24, 2.45) is 0 Å². The number of amides is 2. The third kappa shape index (κ3) is 4.51. The van der Waals surface area contributed by atoms with Gasteiger partial charge in [-0.3, -0.25) is 13.9 Å². The van der Waals surface area contributed by atoms with Gasteiger partial charge < -0.3 is 15.0 Å². The molecule has 4 rings (SSSR count). The van der Waals surface area contributed by atoms with Gasteiger partial charge in [-0.15, -0.1) is 0 Å². The molecule has 1 saturated heterocycles. The third-order valence-electron chi connectivity index (χ3n) is 5.50. The van der Waals surface area contributed by atoms with Crippen molar-refractivity contribution < 1.29 is 22.7 Å². The van der Waals surface area contributed by atoms with E-state index in [1.165, 1.54) is 4.31 Å². The van der Waals surface area contributed by atoms with Crippen molar-refractivity contribution in [3.05, 3.63) is 54.1 Å². The molecular weight excluding hydrogens is 418 g/mol. The highest BCUT2D eigenvalue weighted by molar-refractivity contribution is 7.92. The molecule has 2 aliphatic heterocycles. The standard InChI is InChI=1S/C22H25N3O5S/c1-31(28,29)25-15-12-20(30-19-11-5-4-10-18(19)25)21(26)23-17-9-3-2-8-16(17)22(27)24-13-6-7-14-24/h2-5,8-11,20H,6-7,12-15H2,1H3,(H,23,26)/t20-/m0/s1. The zero-order valence-electron chi connectivity index (χ0n) is 17.3. The molecule has 2 aliphatic rings. The average molecular weight is 444 g/mol. The van der Waals surface area contributed by atoms with Crippen LogP contribution in [0.1, 0.15) is 29.6 Å². The number of anilines is 2. The second-order valence-corrected chi connectivity index (χ2v) is 9.64. The number of fused-ring (bicyclic) bond motifs is 1. The van der Waals surface area contributed by atoms with Crippen LogP contribution in [0.5, 0.6) is 5.75 Å². The van der Waals surface area contributed by atoms with Crippen molar-refractivity contribution >= 4 is 33.2 Å². The lowest BCUT2D eigenvalue weighted by atomic mass is 10.1. The van der Waals surface area contributed by atoms with Crippen LogP contribution in [0.3, 0.4) is 0 Å². The van der Waals surface area contributed by atoms with Crippen LogP contribution in [0.2, 0.25) is 0 Å². The number of para-hydroxylation sites is 3. The smallest absolute Gasteiger partial charge is 0.265 e. The van der Waals surface area contributed by atoms with Gasteiger partial charge in [0, 0.05) is 26.1 Å². The maximum atomic E-state index is 13.1. The fourth-order valence-corrected chi connectivity index (χ4v) is 4.89. The summed E-state index contributed by atoms with van der Waals surface area (Å²) in [6.45, 7) is 1.54. The van der Waals surface area contributed by atoms with Gasteiger partial charge in [-0.05, 0) is 37.1 Å². The molecule has 0 radical (unpaired) electrons. The van der Waals surface area contributed by atoms with E-state index in [0.29, 0.717) is 35.8 Å². The first-order chi connectivity index (χ1) is 14.8. The highest BCUT2D eigenvalue weighted by atomic mass is 32.2. The van der Waals surface area contributed by atoms with Crippen LogP contribution in [0.25, 0.3) is 0 Å². The summed E-state index contributed by atoms with van der Waals surface area (Å²) in [5.41, 5.74) is 1.26. The Labute approximate surface area is 181 Å². The number of hydrogen-bond donors (Lipinski definition) is 1. The van der Waals surface area contributed by atoms with Crippen LogP contribution in [0.4, 0.5) is 11.4 Å². The van der Waals surface area contributed by atoms with Crippen LogP contribution in [-0.4, -0.2) is 57.1 Å². The molecule has 0 aromatic heterocycles. The number of nitrogens with zero attached hydrogens (tertiary/aromatic N) is 2. The molecule has 9 heteroatoms. The second-order valence-electron chi connectivity index (χ2n) is 7.73. The fourth-order valence-electron chi connectivity index (χ4n) is 3.94. The van der Waals surface area contributed by atoms with Crippen LogP contribution in [-0.2, 0) is 14.8 Å². The van der Waals surface area contributed by atoms with Crippen LogP contribution >= 0.6 is 0 Å². The summed E-state index contributed by atoms with van der Waals surface area (Å²) in [7, 11) is -3.53. The Morgan fingerprint density at radius 3 is 2.42 bits per heavy atom. The van der Waals surface area contributed by atoms with Crippen molar-refractivity contribution in [2.45, 2.75) is 25.4 Å². The number of ether oxygens (including phenoxy) is 1. The Balaban J connectivity index is 1.56. The topological polar surface area (TPSA) is 96.0 Å². The Kier molecular flexibility index (Phi) is 5.86. The minimum absolute atomic E-state index is 0.108. The molecule has 2 aromatic rings. The first-order valence-electron chi connectivity index (χ1n) is 10.3. The molecule has 8 nitrogen and oxygen atoms in total. The molecule has 1 atom stereocenters. The summed E-state index contributed by atoms with van der Waals surface area (Å²) < 4.78 is 31.6. The number of nitrogens with one attached hydrogen (secondary N) is 1. The van der Waals surface area contributed by atoms with Gasteiger partial charge in [0.1, 0.15) is 5.75 Å². The molecule has 0 aliphatic carbocycles. The molecule has 0 saturated carbocycles. The van der Waals surface area contributed by atoms with Gasteiger partial charge in [-0.25, -0.2) is 8.42 Å². The van der Waals surface area contributed by atoms with E-state index in [9.17, 15) is 18.0 Å². The predicted octanol–water partition coefficient (Wildman–Crippen LogP) is 2.48. The van der Waals surface area contributed by atoms with E-state index in [1.807, 2.05) is 0 Å². The minimum Gasteiger partial charge on any atom is -0.478 e. The number of likely N-dealkylation sites (tertiary alicyclic amines) is 1. The molecule has 164 valence electrons. The molecule has 1 fully saturated rings. The summed E-state index contributed by atoms with van der Waals surface area (Å²) in [4.78, 5) is 27.7. The zero-order valence-corrected chi connectivity index (χ0v) is 18.1. The summed E-state index contributed by atoms with van der Waals surface area (Å²) >= 11 is 0. The van der Waals surface area contributed by atoms with Crippen molar-refractivity contribution in [3.63, 3.8) is 0 Å². The van der Waals surface area contributed by atoms with Gasteiger partial charge in [-0.2, -0.15) is 0 Å². The number of carbonyl (C=O) groups excluding carboxylic acids is 2. The summed E-state index contributed by atoms with van der Waals surface area (Å²) in [5.74, 6) is -0.206. The SMILES string of the molecule is CS(=O)(=O)N1CC[C@@H](C(=O)Nc2ccccc2C(=O)N2CCCC2)Oc2ccccc21. The van der Waals surface area contributed by atoms with E-state index in [-0.39, 0.29) is 18.9 Å². The molecule has 31 heavy (non-hydrogen) atoms. The molecule has 0 spiro atoms. The molecule has 2 amide bonds. The van der Waals surface area contributed by atoms with Crippen molar-refractivity contribution in [2.75, 3.05) is 35.5 Å². The maximum Gasteiger partial charge on any atom is 0.265 e. The van der Waals surface area contributed by atoms with E-state index in [4.69, 9.17) is 4.74 Å². The third-order valence-corrected chi connectivity index (χ3v) is 6.68. The monoisotopic (exact) mass is 443 g/mol. The van der Waals surface area contributed by atoms with E-state index in [0.717, 1.165) is 19.1 Å². The normalized spacial score (nSPS) is 18.7. The van der Waals surface area contributed by atoms with Crippen LogP contribution in [0, 0.1) is 0 Å². The fraction of sp³-hybridized carbons (Fsp3) is 0.364. The summed E-state index contributed by atoms with van der Waals surface area (Å²) in [5, 5.41) is 2.82. The van der Waals surface area contributed by atoms with Gasteiger partial charge in [0.2, 0.25) is 10.0 Å². The largest absolute Gasteiger partial charge is 0.478 e. The molecule has 0 unspecified atom stereocenters. The van der Waals surface area contributed by atoms with E-state index >= 15 is 0 Å². The van der Waals surface area contributed by atoms with Crippen LogP contribution < -0.4 is 14.4 Å². The van der Waals surface area contributed by atoms with E-state index in [2.05, 4.69) is 5.32 Å². The number of rotatable bonds is 4. The first kappa shape index (κ1) is 21.2. The Bertz CT molecular complexity index is 1100. The van der Waals surface area contributed by atoms with Gasteiger partial charge in [0.15, 0.2) is 6.10 Å². The lowest BCUT2D eigenvalue weighted by molar-refractivity contribution is -0.122. The Morgan fingerprint density at radius 2 is 1.68 bits per heavy atom. The van der Waals surface area contributed by atoms with Gasteiger partial charge in [0.25, 0.3) is 11.8 Å². The van der Waals surface area contributed by atoms with Gasteiger partial charge in [0.05, 0.1) is 23.2 Å². The lowest BCUT2D eigenvalue weighted by Gasteiger charge is -2.20. The predicted molar refractivity (Wildman–Crippen MR) is 118 cm³/mol. The van der Waals surface area contributed by atoms with Gasteiger partial charge >= 0.3 is 0 Å². The highest BCUT2D eigenvalue weighted by Gasteiger charge is 2.32. The quantitative estimate of drug-likeness (QED) is 0.783. The number of benzene rings is 2. The van der Waals surface area contributed by atoms with Crippen molar-refractivity contribution in [1.29, 1.82) is 0 Å². The van der Waals surface area contributed by atoms with Crippen molar-refractivity contribution in [1.82, 2.24) is 4.90 Å². The zero-order chi connectivity index (χ0) is 22.0. The Morgan fingerprint density at radius 1 is 1.00 bits per heavy atom. The number of hydrogen-bond acceptors (Lipinski definition) is 5. The summed E-state index contributed by atoms with van der Waals surface area (Å²) in [6, 6.07) is 13.7. The molecular formula is C22H25N3O5S. The minimum atomic E-state index is -3.53. The number of sulfonamides is 1. The molecule has 2 aromatic carbocycles.